The van der Waals surface area contributed by atoms with Gasteiger partial charge in [0.1, 0.15) is 0 Å². The van der Waals surface area contributed by atoms with Gasteiger partial charge in [-0.15, -0.1) is 0 Å². The number of carbonyl (C=O) groups excluding carboxylic acids is 1. The van der Waals surface area contributed by atoms with E-state index < -0.39 is 0 Å². The molecular formula is C10H13O2Si. The fourth-order valence-corrected chi connectivity index (χ4v) is 4.52. The van der Waals surface area contributed by atoms with Crippen molar-refractivity contribution in [2.45, 2.75) is 31.2 Å². The van der Waals surface area contributed by atoms with Crippen LogP contribution in [-0.4, -0.2) is 22.8 Å². The molecule has 0 aromatic carbocycles. The van der Waals surface area contributed by atoms with Crippen molar-refractivity contribution in [3.8, 4) is 0 Å². The van der Waals surface area contributed by atoms with Crippen LogP contribution < -0.4 is 0 Å². The monoisotopic (exact) mass is 193 g/mol. The van der Waals surface area contributed by atoms with Crippen molar-refractivity contribution >= 4 is 16.2 Å². The topological polar surface area (TPSA) is 26.3 Å². The van der Waals surface area contributed by atoms with Crippen LogP contribution in [0.15, 0.2) is 0 Å². The van der Waals surface area contributed by atoms with Crippen LogP contribution in [-0.2, 0) is 9.53 Å². The summed E-state index contributed by atoms with van der Waals surface area (Å²) in [5.41, 5.74) is 0.861. The zero-order valence-corrected chi connectivity index (χ0v) is 8.58. The smallest absolute Gasteiger partial charge is 0.306 e. The molecule has 1 aliphatic heterocycles. The van der Waals surface area contributed by atoms with Gasteiger partial charge in [0.15, 0.2) is 0 Å². The third kappa shape index (κ3) is 0.966. The molecule has 1 saturated heterocycles. The molecule has 3 aliphatic rings. The Hall–Kier alpha value is -0.313. The quantitative estimate of drug-likeness (QED) is 0.428. The van der Waals surface area contributed by atoms with Gasteiger partial charge in [0.25, 0.3) is 0 Å². The molecule has 1 heterocycles. The van der Waals surface area contributed by atoms with Gasteiger partial charge in [-0.25, -0.2) is 0 Å². The van der Waals surface area contributed by atoms with Gasteiger partial charge in [-0.3, -0.25) is 4.79 Å². The van der Waals surface area contributed by atoms with Gasteiger partial charge >= 0.3 is 5.97 Å². The van der Waals surface area contributed by atoms with Crippen molar-refractivity contribution in [1.82, 2.24) is 0 Å². The maximum atomic E-state index is 11.1. The third-order valence-electron chi connectivity index (χ3n) is 4.16. The number of ether oxygens (including phenoxy) is 1. The average molecular weight is 193 g/mol. The number of cyclic esters (lactones) is 1. The molecule has 0 aromatic heterocycles. The standard InChI is InChI=1S/C10H13O2Si/c11-9-4-10(5-12-9)3-6-1-7(10)8(13)2-6/h6-8H,1-5H2. The Morgan fingerprint density at radius 1 is 1.46 bits per heavy atom. The Morgan fingerprint density at radius 3 is 2.85 bits per heavy atom. The van der Waals surface area contributed by atoms with Gasteiger partial charge in [-0.1, -0.05) is 6.42 Å². The summed E-state index contributed by atoms with van der Waals surface area (Å²) in [4.78, 5) is 11.1. The van der Waals surface area contributed by atoms with E-state index >= 15 is 0 Å². The minimum Gasteiger partial charge on any atom is -0.465 e. The van der Waals surface area contributed by atoms with Crippen molar-refractivity contribution in [3.63, 3.8) is 0 Å². The molecule has 0 amide bonds. The van der Waals surface area contributed by atoms with Gasteiger partial charge in [-0.2, -0.15) is 0 Å². The van der Waals surface area contributed by atoms with E-state index in [2.05, 4.69) is 10.2 Å². The summed E-state index contributed by atoms with van der Waals surface area (Å²) in [5, 5.41) is 0. The molecule has 2 nitrogen and oxygen atoms in total. The zero-order valence-electron chi connectivity index (χ0n) is 7.58. The van der Waals surface area contributed by atoms with E-state index in [9.17, 15) is 4.79 Å². The first-order valence-electron chi connectivity index (χ1n) is 5.06. The molecule has 0 N–H and O–H groups in total. The Labute approximate surface area is 81.5 Å². The number of hydrogen-bond acceptors (Lipinski definition) is 2. The van der Waals surface area contributed by atoms with Crippen molar-refractivity contribution in [2.75, 3.05) is 6.61 Å². The van der Waals surface area contributed by atoms with Crippen LogP contribution in [0.5, 0.6) is 0 Å². The fourth-order valence-electron chi connectivity index (χ4n) is 3.70. The minimum atomic E-state index is 0.0198. The number of rotatable bonds is 0. The first kappa shape index (κ1) is 8.03. The molecule has 2 bridgehead atoms. The molecule has 4 unspecified atom stereocenters. The lowest BCUT2D eigenvalue weighted by molar-refractivity contribution is -0.137. The highest BCUT2D eigenvalue weighted by Gasteiger charge is 2.57. The molecule has 2 saturated carbocycles. The molecule has 3 fully saturated rings. The molecule has 3 rings (SSSR count). The van der Waals surface area contributed by atoms with E-state index in [4.69, 9.17) is 4.74 Å². The van der Waals surface area contributed by atoms with E-state index in [-0.39, 0.29) is 11.4 Å². The lowest BCUT2D eigenvalue weighted by Gasteiger charge is -2.34. The molecular weight excluding hydrogens is 180 g/mol. The first-order chi connectivity index (χ1) is 6.20. The second kappa shape index (κ2) is 2.38. The predicted molar refractivity (Wildman–Crippen MR) is 48.3 cm³/mol. The largest absolute Gasteiger partial charge is 0.465 e. The molecule has 0 aromatic rings. The molecule has 3 radical (unpaired) electrons. The molecule has 2 aliphatic carbocycles. The lowest BCUT2D eigenvalue weighted by Crippen LogP contribution is -2.31. The molecule has 1 spiro atoms. The lowest BCUT2D eigenvalue weighted by atomic mass is 9.72. The SMILES string of the molecule is O=C1CC2(CO1)CC1CC([Si])C2C1. The highest BCUT2D eigenvalue weighted by Crippen LogP contribution is 2.63. The second-order valence-corrected chi connectivity index (χ2v) is 5.70. The van der Waals surface area contributed by atoms with Gasteiger partial charge < -0.3 is 4.74 Å². The summed E-state index contributed by atoms with van der Waals surface area (Å²) in [6, 6.07) is 0. The summed E-state index contributed by atoms with van der Waals surface area (Å²) in [6.07, 6.45) is 4.52. The van der Waals surface area contributed by atoms with Crippen LogP contribution in [0.2, 0.25) is 5.54 Å². The maximum absolute atomic E-state index is 11.1. The van der Waals surface area contributed by atoms with Crippen LogP contribution in [0.25, 0.3) is 0 Å². The van der Waals surface area contributed by atoms with Crippen molar-refractivity contribution in [1.29, 1.82) is 0 Å². The van der Waals surface area contributed by atoms with Crippen LogP contribution in [0, 0.1) is 17.3 Å². The van der Waals surface area contributed by atoms with Crippen molar-refractivity contribution < 1.29 is 9.53 Å². The first-order valence-corrected chi connectivity index (χ1v) is 5.64. The minimum absolute atomic E-state index is 0.0198. The molecule has 69 valence electrons. The Balaban J connectivity index is 1.90. The average Bonchev–Trinajstić information content (AvgIpc) is 2.66. The van der Waals surface area contributed by atoms with Crippen LogP contribution in [0.3, 0.4) is 0 Å². The summed E-state index contributed by atoms with van der Waals surface area (Å²) in [7, 11) is 3.78. The number of esters is 1. The van der Waals surface area contributed by atoms with Crippen LogP contribution >= 0.6 is 0 Å². The Kier molecular flexibility index (Phi) is 1.47. The van der Waals surface area contributed by atoms with Gasteiger partial charge in [0.05, 0.1) is 13.0 Å². The molecule has 4 atom stereocenters. The van der Waals surface area contributed by atoms with Gasteiger partial charge in [0.2, 0.25) is 0 Å². The van der Waals surface area contributed by atoms with E-state index in [0.717, 1.165) is 5.92 Å². The summed E-state index contributed by atoms with van der Waals surface area (Å²) in [6.45, 7) is 0.688. The van der Waals surface area contributed by atoms with Crippen molar-refractivity contribution in [3.05, 3.63) is 0 Å². The third-order valence-corrected chi connectivity index (χ3v) is 4.80. The van der Waals surface area contributed by atoms with E-state index in [1.807, 2.05) is 0 Å². The highest BCUT2D eigenvalue weighted by atomic mass is 28.1. The van der Waals surface area contributed by atoms with Gasteiger partial charge in [-0.05, 0) is 30.2 Å². The summed E-state index contributed by atoms with van der Waals surface area (Å²) in [5.74, 6) is 1.56. The van der Waals surface area contributed by atoms with E-state index in [0.29, 0.717) is 24.5 Å². The number of hydrogen-bond donors (Lipinski definition) is 0. The maximum Gasteiger partial charge on any atom is 0.306 e. The number of fused-ring (bicyclic) bond motifs is 3. The van der Waals surface area contributed by atoms with Crippen molar-refractivity contribution in [2.24, 2.45) is 17.3 Å². The number of carbonyl (C=O) groups is 1. The van der Waals surface area contributed by atoms with Crippen LogP contribution in [0.4, 0.5) is 0 Å². The molecule has 3 heteroatoms. The fraction of sp³-hybridized carbons (Fsp3) is 0.900. The summed E-state index contributed by atoms with van der Waals surface area (Å²) >= 11 is 0. The summed E-state index contributed by atoms with van der Waals surface area (Å²) < 4.78 is 5.13. The Bertz CT molecular complexity index is 266. The Morgan fingerprint density at radius 2 is 2.31 bits per heavy atom. The van der Waals surface area contributed by atoms with E-state index in [1.165, 1.54) is 19.3 Å². The van der Waals surface area contributed by atoms with E-state index in [1.54, 1.807) is 0 Å². The second-order valence-electron chi connectivity index (χ2n) is 4.95. The van der Waals surface area contributed by atoms with Gasteiger partial charge in [0, 0.05) is 15.7 Å². The highest BCUT2D eigenvalue weighted by molar-refractivity contribution is 6.12. The zero-order chi connectivity index (χ0) is 9.05. The predicted octanol–water partition coefficient (Wildman–Crippen LogP) is 1.31. The molecule has 13 heavy (non-hydrogen) atoms. The van der Waals surface area contributed by atoms with Crippen LogP contribution in [0.1, 0.15) is 25.7 Å². The normalized spacial score (nSPS) is 53.3.